The van der Waals surface area contributed by atoms with Crippen molar-refractivity contribution in [2.75, 3.05) is 7.11 Å². The number of hydrogen-bond acceptors (Lipinski definition) is 4. The first-order valence-corrected chi connectivity index (χ1v) is 6.43. The zero-order valence-electron chi connectivity index (χ0n) is 11.5. The summed E-state index contributed by atoms with van der Waals surface area (Å²) in [5.41, 5.74) is 8.95. The molecule has 2 N–H and O–H groups in total. The van der Waals surface area contributed by atoms with Crippen LogP contribution in [0.25, 0.3) is 11.0 Å². The predicted molar refractivity (Wildman–Crippen MR) is 77.8 cm³/mol. The van der Waals surface area contributed by atoms with E-state index in [0.717, 1.165) is 11.0 Å². The molecule has 4 heteroatoms. The monoisotopic (exact) mass is 268 g/mol. The lowest BCUT2D eigenvalue weighted by atomic mass is 10.1. The Balaban J connectivity index is 2.05. The maximum atomic E-state index is 6.26. The van der Waals surface area contributed by atoms with Gasteiger partial charge in [-0.25, -0.2) is 0 Å². The molecule has 3 rings (SSSR count). The van der Waals surface area contributed by atoms with E-state index in [9.17, 15) is 0 Å². The van der Waals surface area contributed by atoms with E-state index in [1.807, 2.05) is 37.3 Å². The standard InChI is InChI=1S/C16H16N2O2/c1-10-5-6-12-11(8-10)9-14(20-12)15(17)16-13(19-2)4-3-7-18-16/h3-9,15H,17H2,1-2H3. The molecule has 2 heterocycles. The maximum absolute atomic E-state index is 6.26. The fourth-order valence-corrected chi connectivity index (χ4v) is 2.28. The summed E-state index contributed by atoms with van der Waals surface area (Å²) in [7, 11) is 1.61. The number of nitrogens with zero attached hydrogens (tertiary/aromatic N) is 1. The van der Waals surface area contributed by atoms with E-state index < -0.39 is 6.04 Å². The minimum Gasteiger partial charge on any atom is -0.495 e. The Kier molecular flexibility index (Phi) is 3.16. The number of methoxy groups -OCH3 is 1. The highest BCUT2D eigenvalue weighted by Crippen LogP contribution is 2.30. The molecule has 1 aromatic carbocycles. The summed E-state index contributed by atoms with van der Waals surface area (Å²) in [6, 6.07) is 11.2. The van der Waals surface area contributed by atoms with Crippen LogP contribution >= 0.6 is 0 Å². The minimum atomic E-state index is -0.446. The van der Waals surface area contributed by atoms with E-state index in [1.54, 1.807) is 13.3 Å². The second-order valence-corrected chi connectivity index (χ2v) is 4.76. The van der Waals surface area contributed by atoms with Crippen LogP contribution in [0.2, 0.25) is 0 Å². The summed E-state index contributed by atoms with van der Waals surface area (Å²) in [5, 5.41) is 1.05. The molecular formula is C16H16N2O2. The van der Waals surface area contributed by atoms with E-state index in [2.05, 4.69) is 11.1 Å². The van der Waals surface area contributed by atoms with Crippen molar-refractivity contribution >= 4 is 11.0 Å². The number of benzene rings is 1. The molecule has 1 unspecified atom stereocenters. The Morgan fingerprint density at radius 1 is 1.25 bits per heavy atom. The molecule has 3 aromatic rings. The molecule has 2 aromatic heterocycles. The molecule has 0 aliphatic carbocycles. The number of aromatic nitrogens is 1. The molecule has 4 nitrogen and oxygen atoms in total. The van der Waals surface area contributed by atoms with E-state index in [-0.39, 0.29) is 0 Å². The summed E-state index contributed by atoms with van der Waals surface area (Å²) in [6.45, 7) is 2.05. The summed E-state index contributed by atoms with van der Waals surface area (Å²) < 4.78 is 11.1. The Labute approximate surface area is 117 Å². The van der Waals surface area contributed by atoms with Gasteiger partial charge in [0.25, 0.3) is 0 Å². The van der Waals surface area contributed by atoms with Gasteiger partial charge in [0.2, 0.25) is 0 Å². The van der Waals surface area contributed by atoms with Gasteiger partial charge in [0.1, 0.15) is 28.8 Å². The first-order chi connectivity index (χ1) is 9.69. The molecule has 20 heavy (non-hydrogen) atoms. The number of rotatable bonds is 3. The van der Waals surface area contributed by atoms with Gasteiger partial charge in [0.15, 0.2) is 0 Å². The van der Waals surface area contributed by atoms with Crippen LogP contribution in [0.3, 0.4) is 0 Å². The summed E-state index contributed by atoms with van der Waals surface area (Å²) in [4.78, 5) is 4.30. The lowest BCUT2D eigenvalue weighted by Gasteiger charge is -2.11. The lowest BCUT2D eigenvalue weighted by Crippen LogP contribution is -2.13. The van der Waals surface area contributed by atoms with Crippen LogP contribution in [0, 0.1) is 6.92 Å². The SMILES string of the molecule is COc1cccnc1C(N)c1cc2cc(C)ccc2o1. The Morgan fingerprint density at radius 3 is 2.90 bits per heavy atom. The van der Waals surface area contributed by atoms with Gasteiger partial charge >= 0.3 is 0 Å². The van der Waals surface area contributed by atoms with E-state index in [0.29, 0.717) is 17.2 Å². The van der Waals surface area contributed by atoms with Gasteiger partial charge in [-0.15, -0.1) is 0 Å². The molecule has 102 valence electrons. The fraction of sp³-hybridized carbons (Fsp3) is 0.188. The number of ether oxygens (including phenoxy) is 1. The third-order valence-corrected chi connectivity index (χ3v) is 3.31. The van der Waals surface area contributed by atoms with Crippen molar-refractivity contribution in [1.82, 2.24) is 4.98 Å². The highest BCUT2D eigenvalue weighted by molar-refractivity contribution is 5.78. The Hall–Kier alpha value is -2.33. The van der Waals surface area contributed by atoms with Crippen molar-refractivity contribution in [3.05, 3.63) is 59.6 Å². The average Bonchev–Trinajstić information content (AvgIpc) is 2.89. The number of furan rings is 1. The summed E-state index contributed by atoms with van der Waals surface area (Å²) in [5.74, 6) is 1.35. The van der Waals surface area contributed by atoms with Crippen LogP contribution in [-0.4, -0.2) is 12.1 Å². The topological polar surface area (TPSA) is 61.3 Å². The summed E-state index contributed by atoms with van der Waals surface area (Å²) >= 11 is 0. The second-order valence-electron chi connectivity index (χ2n) is 4.76. The van der Waals surface area contributed by atoms with Crippen LogP contribution in [0.4, 0.5) is 0 Å². The second kappa shape index (κ2) is 4.98. The Bertz CT molecular complexity index is 749. The zero-order valence-corrected chi connectivity index (χ0v) is 11.5. The zero-order chi connectivity index (χ0) is 14.1. The molecule has 0 fully saturated rings. The third-order valence-electron chi connectivity index (χ3n) is 3.31. The molecular weight excluding hydrogens is 252 g/mol. The molecule has 0 spiro atoms. The molecule has 0 aliphatic heterocycles. The van der Waals surface area contributed by atoms with Gasteiger partial charge in [-0.1, -0.05) is 11.6 Å². The van der Waals surface area contributed by atoms with E-state index in [1.165, 1.54) is 5.56 Å². The molecule has 0 saturated carbocycles. The fourth-order valence-electron chi connectivity index (χ4n) is 2.28. The van der Waals surface area contributed by atoms with Crippen LogP contribution in [0.1, 0.15) is 23.1 Å². The number of hydrogen-bond donors (Lipinski definition) is 1. The normalized spacial score (nSPS) is 12.6. The first-order valence-electron chi connectivity index (χ1n) is 6.43. The number of nitrogens with two attached hydrogens (primary N) is 1. The number of pyridine rings is 1. The number of aryl methyl sites for hydroxylation is 1. The van der Waals surface area contributed by atoms with Gasteiger partial charge in [-0.2, -0.15) is 0 Å². The van der Waals surface area contributed by atoms with Gasteiger partial charge in [0, 0.05) is 11.6 Å². The van der Waals surface area contributed by atoms with Crippen molar-refractivity contribution in [2.24, 2.45) is 5.73 Å². The summed E-state index contributed by atoms with van der Waals surface area (Å²) in [6.07, 6.45) is 1.70. The van der Waals surface area contributed by atoms with Crippen molar-refractivity contribution < 1.29 is 9.15 Å². The molecule has 0 saturated heterocycles. The number of fused-ring (bicyclic) bond motifs is 1. The van der Waals surface area contributed by atoms with Gasteiger partial charge in [0.05, 0.1) is 7.11 Å². The molecule has 0 radical (unpaired) electrons. The van der Waals surface area contributed by atoms with Gasteiger partial charge in [-0.05, 0) is 37.3 Å². The van der Waals surface area contributed by atoms with Crippen molar-refractivity contribution in [1.29, 1.82) is 0 Å². The average molecular weight is 268 g/mol. The van der Waals surface area contributed by atoms with Gasteiger partial charge in [-0.3, -0.25) is 4.98 Å². The first kappa shape index (κ1) is 12.7. The maximum Gasteiger partial charge on any atom is 0.142 e. The van der Waals surface area contributed by atoms with Crippen LogP contribution in [0.5, 0.6) is 5.75 Å². The Morgan fingerprint density at radius 2 is 2.10 bits per heavy atom. The van der Waals surface area contributed by atoms with E-state index in [4.69, 9.17) is 14.9 Å². The molecule has 0 amide bonds. The highest BCUT2D eigenvalue weighted by atomic mass is 16.5. The quantitative estimate of drug-likeness (QED) is 0.792. The lowest BCUT2D eigenvalue weighted by molar-refractivity contribution is 0.400. The van der Waals surface area contributed by atoms with E-state index >= 15 is 0 Å². The van der Waals surface area contributed by atoms with Crippen LogP contribution in [0.15, 0.2) is 47.0 Å². The molecule has 1 atom stereocenters. The smallest absolute Gasteiger partial charge is 0.142 e. The van der Waals surface area contributed by atoms with Crippen molar-refractivity contribution in [3.8, 4) is 5.75 Å². The predicted octanol–water partition coefficient (Wildman–Crippen LogP) is 3.19. The minimum absolute atomic E-state index is 0.446. The van der Waals surface area contributed by atoms with Crippen molar-refractivity contribution in [2.45, 2.75) is 13.0 Å². The largest absolute Gasteiger partial charge is 0.495 e. The highest BCUT2D eigenvalue weighted by Gasteiger charge is 2.19. The molecule has 0 bridgehead atoms. The van der Waals surface area contributed by atoms with Gasteiger partial charge < -0.3 is 14.9 Å². The molecule has 0 aliphatic rings. The van der Waals surface area contributed by atoms with Crippen LogP contribution in [-0.2, 0) is 0 Å². The third kappa shape index (κ3) is 2.14. The van der Waals surface area contributed by atoms with Crippen molar-refractivity contribution in [3.63, 3.8) is 0 Å². The van der Waals surface area contributed by atoms with Crippen LogP contribution < -0.4 is 10.5 Å².